The second-order valence-electron chi connectivity index (χ2n) is 7.47. The normalized spacial score (nSPS) is 17.3. The zero-order chi connectivity index (χ0) is 19.4. The Morgan fingerprint density at radius 2 is 1.50 bits per heavy atom. The van der Waals surface area contributed by atoms with E-state index in [1.807, 2.05) is 4.90 Å². The van der Waals surface area contributed by atoms with Crippen LogP contribution < -0.4 is 0 Å². The summed E-state index contributed by atoms with van der Waals surface area (Å²) in [5.74, 6) is 0. The summed E-state index contributed by atoms with van der Waals surface area (Å²) in [5, 5.41) is -5.27. The minimum Gasteiger partial charge on any atom is -0.395 e. The number of nitrogens with zero attached hydrogens (tertiary/aromatic N) is 1. The molecule has 1 aromatic rings. The first-order chi connectivity index (χ1) is 12.1. The highest BCUT2D eigenvalue weighted by atomic mass is 16.5. The number of hydrogen-bond acceptors (Lipinski definition) is 2. The molecule has 1 aliphatic rings. The van der Waals surface area contributed by atoms with Crippen molar-refractivity contribution in [2.24, 2.45) is 0 Å². The zero-order valence-electron chi connectivity index (χ0n) is 15.8. The van der Waals surface area contributed by atoms with Crippen LogP contribution in [0.5, 0.6) is 0 Å². The van der Waals surface area contributed by atoms with Gasteiger partial charge in [-0.2, -0.15) is 0 Å². The maximum Gasteiger partial charge on any atom is 0.0980 e. The van der Waals surface area contributed by atoms with E-state index in [9.17, 15) is 0 Å². The molecule has 0 aromatic heterocycles. The maximum absolute atomic E-state index is 6.28. The Labute approximate surface area is 167 Å². The lowest BCUT2D eigenvalue weighted by atomic mass is 9.23. The second kappa shape index (κ2) is 8.69. The molecule has 1 aromatic carbocycles. The van der Waals surface area contributed by atoms with E-state index < -0.39 is 16.0 Å². The fraction of sp³-hybridized carbons (Fsp3) is 0.667. The Hall–Kier alpha value is -0.470. The van der Waals surface area contributed by atoms with Gasteiger partial charge >= 0.3 is 0 Å². The molecule has 0 unspecified atom stereocenters. The van der Waals surface area contributed by atoms with Crippen molar-refractivity contribution < 1.29 is 4.74 Å². The van der Waals surface area contributed by atoms with Crippen LogP contribution in [0, 0.1) is 6.92 Å². The molecule has 1 fully saturated rings. The molecule has 0 saturated carbocycles. The monoisotopic (exact) mass is 335 g/mol. The minimum atomic E-state index is -1.86. The van der Waals surface area contributed by atoms with E-state index in [4.69, 9.17) is 51.8 Å². The van der Waals surface area contributed by atoms with Crippen LogP contribution >= 0.6 is 0 Å². The molecular weight excluding hydrogens is 311 g/mol. The molecule has 0 amide bonds. The van der Waals surface area contributed by atoms with Gasteiger partial charge < -0.3 is 9.64 Å². The van der Waals surface area contributed by atoms with Crippen molar-refractivity contribution in [2.45, 2.75) is 55.0 Å². The molecule has 124 valence electrons. The highest BCUT2D eigenvalue weighted by Crippen LogP contribution is 2.42. The molecule has 26 heavy (non-hydrogen) atoms. The molecule has 0 bridgehead atoms. The molecule has 2 rings (SSSR count). The molecule has 0 atom stereocenters. The lowest BCUT2D eigenvalue weighted by Crippen LogP contribution is -2.68. The molecule has 8 heteroatoms. The van der Waals surface area contributed by atoms with E-state index in [0.717, 1.165) is 32.1 Å². The van der Waals surface area contributed by atoms with Crippen LogP contribution in [0.25, 0.3) is 0 Å². The number of rotatable bonds is 8. The molecule has 0 spiro atoms. The average Bonchev–Trinajstić information content (AvgIpc) is 2.60. The topological polar surface area (TPSA) is 12.5 Å². The minimum absolute atomic E-state index is 0.299. The fourth-order valence-electron chi connectivity index (χ4n) is 3.23. The van der Waals surface area contributed by atoms with Crippen LogP contribution in [0.4, 0.5) is 0 Å². The van der Waals surface area contributed by atoms with Crippen molar-refractivity contribution in [3.8, 4) is 0 Å². The van der Waals surface area contributed by atoms with E-state index in [2.05, 4.69) is 31.2 Å². The highest BCUT2D eigenvalue weighted by molar-refractivity contribution is 6.61. The molecular formula is C18H23B6NO. The Morgan fingerprint density at radius 1 is 0.923 bits per heavy atom. The van der Waals surface area contributed by atoms with Gasteiger partial charge in [0, 0.05) is 6.61 Å². The van der Waals surface area contributed by atoms with Gasteiger partial charge in [-0.05, 0) is 56.7 Å². The standard InChI is InChI=1S/C18H23B6NO/c1-14-7-9-15(10-8-14)6-5-13-26-18(23,24)16(19,20)17(21,22)25-11-3-2-4-12-25/h7-10H,2-6,11-13H2,1H3. The van der Waals surface area contributed by atoms with Gasteiger partial charge in [-0.25, -0.2) is 0 Å². The number of likely N-dealkylation sites (tertiary alicyclic amines) is 1. The molecule has 1 aliphatic heterocycles. The first-order valence-corrected chi connectivity index (χ1v) is 9.26. The summed E-state index contributed by atoms with van der Waals surface area (Å²) in [6, 6.07) is 8.33. The summed E-state index contributed by atoms with van der Waals surface area (Å²) in [5.41, 5.74) is 2.44. The van der Waals surface area contributed by atoms with Crippen molar-refractivity contribution in [1.82, 2.24) is 4.90 Å². The second-order valence-corrected chi connectivity index (χ2v) is 7.47. The van der Waals surface area contributed by atoms with Crippen molar-refractivity contribution in [3.05, 3.63) is 35.4 Å². The number of hydrogen-bond donors (Lipinski definition) is 0. The van der Waals surface area contributed by atoms with Crippen LogP contribution in [0.1, 0.15) is 36.8 Å². The van der Waals surface area contributed by atoms with Gasteiger partial charge in [0.05, 0.1) is 47.1 Å². The van der Waals surface area contributed by atoms with Crippen molar-refractivity contribution >= 4 is 47.1 Å². The van der Waals surface area contributed by atoms with Crippen LogP contribution in [0.2, 0.25) is 5.21 Å². The predicted molar refractivity (Wildman–Crippen MR) is 114 cm³/mol. The third kappa shape index (κ3) is 4.87. The van der Waals surface area contributed by atoms with Crippen LogP contribution in [-0.4, -0.2) is 82.4 Å². The summed E-state index contributed by atoms with van der Waals surface area (Å²) in [6.45, 7) is 3.76. The molecule has 0 N–H and O–H groups in total. The van der Waals surface area contributed by atoms with Gasteiger partial charge in [-0.1, -0.05) is 46.8 Å². The smallest absolute Gasteiger partial charge is 0.0980 e. The van der Waals surface area contributed by atoms with Crippen molar-refractivity contribution in [3.63, 3.8) is 0 Å². The van der Waals surface area contributed by atoms with Gasteiger partial charge in [-0.15, -0.1) is 0 Å². The summed E-state index contributed by atoms with van der Waals surface area (Å²) in [6.07, 6.45) is 4.64. The summed E-state index contributed by atoms with van der Waals surface area (Å²) in [7, 11) is 37.2. The summed E-state index contributed by atoms with van der Waals surface area (Å²) < 4.78 is 5.64. The van der Waals surface area contributed by atoms with Crippen molar-refractivity contribution in [1.29, 1.82) is 0 Å². The van der Waals surface area contributed by atoms with Crippen molar-refractivity contribution in [2.75, 3.05) is 19.7 Å². The largest absolute Gasteiger partial charge is 0.395 e. The zero-order valence-corrected chi connectivity index (χ0v) is 15.8. The molecule has 12 radical (unpaired) electrons. The first kappa shape index (κ1) is 21.8. The summed E-state index contributed by atoms with van der Waals surface area (Å²) in [4.78, 5) is 1.83. The summed E-state index contributed by atoms with van der Waals surface area (Å²) >= 11 is 0. The van der Waals surface area contributed by atoms with Gasteiger partial charge in [-0.3, -0.25) is 0 Å². The van der Waals surface area contributed by atoms with Crippen LogP contribution in [0.3, 0.4) is 0 Å². The third-order valence-electron chi connectivity index (χ3n) is 5.26. The number of aryl methyl sites for hydroxylation is 2. The molecule has 1 saturated heterocycles. The first-order valence-electron chi connectivity index (χ1n) is 9.26. The van der Waals surface area contributed by atoms with Crippen LogP contribution in [-0.2, 0) is 11.2 Å². The predicted octanol–water partition coefficient (Wildman–Crippen LogP) is 0.865. The van der Waals surface area contributed by atoms with E-state index in [-0.39, 0.29) is 0 Å². The quantitative estimate of drug-likeness (QED) is 0.517. The average molecular weight is 334 g/mol. The maximum atomic E-state index is 6.28. The van der Waals surface area contributed by atoms with E-state index in [0.29, 0.717) is 19.7 Å². The van der Waals surface area contributed by atoms with E-state index >= 15 is 0 Å². The Kier molecular flexibility index (Phi) is 7.30. The third-order valence-corrected chi connectivity index (χ3v) is 5.26. The number of benzene rings is 1. The fourth-order valence-corrected chi connectivity index (χ4v) is 3.23. The molecule has 1 heterocycles. The van der Waals surface area contributed by atoms with Gasteiger partial charge in [0.1, 0.15) is 0 Å². The van der Waals surface area contributed by atoms with E-state index in [1.165, 1.54) is 11.1 Å². The molecule has 0 aliphatic carbocycles. The number of ether oxygens (including phenoxy) is 1. The van der Waals surface area contributed by atoms with Gasteiger partial charge in [0.2, 0.25) is 0 Å². The lowest BCUT2D eigenvalue weighted by Gasteiger charge is -2.60. The highest BCUT2D eigenvalue weighted by Gasteiger charge is 2.48. The SMILES string of the molecule is [B]C([B])(OCCCc1ccc(C)cc1)C([B])([B])C([B])([B])N1CCCCC1. The van der Waals surface area contributed by atoms with Crippen LogP contribution in [0.15, 0.2) is 24.3 Å². The number of piperidine rings is 1. The van der Waals surface area contributed by atoms with Gasteiger partial charge in [0.25, 0.3) is 0 Å². The molecule has 2 nitrogen and oxygen atoms in total. The Bertz CT molecular complexity index is 570. The lowest BCUT2D eigenvalue weighted by molar-refractivity contribution is 0.0349. The van der Waals surface area contributed by atoms with E-state index in [1.54, 1.807) is 0 Å². The Balaban J connectivity index is 1.92. The Morgan fingerprint density at radius 3 is 2.08 bits per heavy atom. The van der Waals surface area contributed by atoms with Gasteiger partial charge in [0.15, 0.2) is 0 Å².